The van der Waals surface area contributed by atoms with Gasteiger partial charge in [0.05, 0.1) is 23.4 Å². The summed E-state index contributed by atoms with van der Waals surface area (Å²) in [7, 11) is 0. The Balaban J connectivity index is 2.14. The van der Waals surface area contributed by atoms with E-state index in [-0.39, 0.29) is 0 Å². The highest BCUT2D eigenvalue weighted by molar-refractivity contribution is 7.80. The molecule has 0 saturated heterocycles. The molecule has 2 rings (SSSR count). The second-order valence-corrected chi connectivity index (χ2v) is 4.86. The smallest absolute Gasteiger partial charge is 0.124 e. The van der Waals surface area contributed by atoms with Crippen molar-refractivity contribution in [3.8, 4) is 0 Å². The molecule has 4 nitrogen and oxygen atoms in total. The molecule has 2 aromatic rings. The van der Waals surface area contributed by atoms with Crippen molar-refractivity contribution in [2.45, 2.75) is 13.5 Å². The lowest BCUT2D eigenvalue weighted by Crippen LogP contribution is -2.15. The van der Waals surface area contributed by atoms with Crippen molar-refractivity contribution in [3.63, 3.8) is 0 Å². The summed E-state index contributed by atoms with van der Waals surface area (Å²) in [5.74, 6) is 0. The molecule has 6 heteroatoms. The SMILES string of the molecule is Cc1ncsc1CNc1cccnc1C(N)=S. The molecule has 0 aromatic carbocycles. The Morgan fingerprint density at radius 2 is 2.35 bits per heavy atom. The van der Waals surface area contributed by atoms with Crippen LogP contribution in [0.1, 0.15) is 16.3 Å². The number of anilines is 1. The van der Waals surface area contributed by atoms with Crippen molar-refractivity contribution in [1.82, 2.24) is 9.97 Å². The summed E-state index contributed by atoms with van der Waals surface area (Å²) in [6.07, 6.45) is 1.68. The molecule has 2 aromatic heterocycles. The summed E-state index contributed by atoms with van der Waals surface area (Å²) in [6, 6.07) is 3.77. The van der Waals surface area contributed by atoms with Crippen molar-refractivity contribution >= 4 is 34.2 Å². The zero-order valence-corrected chi connectivity index (χ0v) is 10.9. The number of thiazole rings is 1. The minimum absolute atomic E-state index is 0.300. The molecule has 0 spiro atoms. The predicted molar refractivity (Wildman–Crippen MR) is 74.3 cm³/mol. The highest BCUT2D eigenvalue weighted by Gasteiger charge is 2.07. The quantitative estimate of drug-likeness (QED) is 0.828. The van der Waals surface area contributed by atoms with Gasteiger partial charge in [0.25, 0.3) is 0 Å². The molecule has 0 saturated carbocycles. The van der Waals surface area contributed by atoms with Crippen LogP contribution in [0, 0.1) is 6.92 Å². The van der Waals surface area contributed by atoms with E-state index in [9.17, 15) is 0 Å². The van der Waals surface area contributed by atoms with Gasteiger partial charge in [-0.1, -0.05) is 12.2 Å². The fourth-order valence-corrected chi connectivity index (χ4v) is 2.30. The molecule has 0 radical (unpaired) electrons. The number of nitrogens with one attached hydrogen (secondary N) is 1. The van der Waals surface area contributed by atoms with Crippen LogP contribution in [0.15, 0.2) is 23.8 Å². The lowest BCUT2D eigenvalue weighted by Gasteiger charge is -2.09. The van der Waals surface area contributed by atoms with Crippen LogP contribution in [0.4, 0.5) is 5.69 Å². The number of nitrogens with zero attached hydrogens (tertiary/aromatic N) is 2. The fraction of sp³-hybridized carbons (Fsp3) is 0.182. The summed E-state index contributed by atoms with van der Waals surface area (Å²) < 4.78 is 0. The maximum absolute atomic E-state index is 5.61. The van der Waals surface area contributed by atoms with Crippen LogP contribution in [-0.2, 0) is 6.54 Å². The van der Waals surface area contributed by atoms with Gasteiger partial charge in [0.1, 0.15) is 10.7 Å². The average molecular weight is 264 g/mol. The molecular formula is C11H12N4S2. The first-order chi connectivity index (χ1) is 8.18. The third-order valence-corrected chi connectivity index (χ3v) is 3.45. The van der Waals surface area contributed by atoms with E-state index in [1.54, 1.807) is 17.5 Å². The summed E-state index contributed by atoms with van der Waals surface area (Å²) in [6.45, 7) is 2.70. The Hall–Kier alpha value is -1.53. The summed E-state index contributed by atoms with van der Waals surface area (Å²) in [4.78, 5) is 9.86. The zero-order valence-electron chi connectivity index (χ0n) is 9.30. The molecular weight excluding hydrogens is 252 g/mol. The van der Waals surface area contributed by atoms with Crippen LogP contribution in [0.3, 0.4) is 0 Å². The van der Waals surface area contributed by atoms with Crippen LogP contribution in [-0.4, -0.2) is 15.0 Å². The van der Waals surface area contributed by atoms with Gasteiger partial charge in [-0.2, -0.15) is 0 Å². The molecule has 0 aliphatic rings. The number of hydrogen-bond acceptors (Lipinski definition) is 5. The molecule has 0 bridgehead atoms. The Kier molecular flexibility index (Phi) is 3.65. The van der Waals surface area contributed by atoms with Crippen molar-refractivity contribution < 1.29 is 0 Å². The zero-order chi connectivity index (χ0) is 12.3. The Morgan fingerprint density at radius 1 is 1.53 bits per heavy atom. The van der Waals surface area contributed by atoms with E-state index in [4.69, 9.17) is 18.0 Å². The largest absolute Gasteiger partial charge is 0.388 e. The van der Waals surface area contributed by atoms with Crippen molar-refractivity contribution in [3.05, 3.63) is 40.1 Å². The van der Waals surface area contributed by atoms with Crippen LogP contribution >= 0.6 is 23.6 Å². The second-order valence-electron chi connectivity index (χ2n) is 3.48. The van der Waals surface area contributed by atoms with Crippen LogP contribution in [0.2, 0.25) is 0 Å². The van der Waals surface area contributed by atoms with Gasteiger partial charge in [0.2, 0.25) is 0 Å². The van der Waals surface area contributed by atoms with Gasteiger partial charge in [-0.3, -0.25) is 4.98 Å². The summed E-state index contributed by atoms with van der Waals surface area (Å²) in [5.41, 5.74) is 9.98. The van der Waals surface area contributed by atoms with Crippen LogP contribution in [0.25, 0.3) is 0 Å². The molecule has 0 unspecified atom stereocenters. The molecule has 88 valence electrons. The molecule has 3 N–H and O–H groups in total. The van der Waals surface area contributed by atoms with Gasteiger partial charge in [-0.15, -0.1) is 11.3 Å². The highest BCUT2D eigenvalue weighted by atomic mass is 32.1. The van der Waals surface area contributed by atoms with E-state index in [0.717, 1.165) is 11.4 Å². The van der Waals surface area contributed by atoms with Gasteiger partial charge in [-0.05, 0) is 19.1 Å². The first kappa shape index (κ1) is 11.9. The molecule has 0 aliphatic heterocycles. The van der Waals surface area contributed by atoms with E-state index in [1.807, 2.05) is 24.6 Å². The van der Waals surface area contributed by atoms with E-state index in [2.05, 4.69) is 15.3 Å². The Bertz CT molecular complexity index is 536. The first-order valence-corrected chi connectivity index (χ1v) is 6.35. The monoisotopic (exact) mass is 264 g/mol. The number of thiocarbonyl (C=S) groups is 1. The Morgan fingerprint density at radius 3 is 3.00 bits per heavy atom. The predicted octanol–water partition coefficient (Wildman–Crippen LogP) is 2.09. The molecule has 0 fully saturated rings. The van der Waals surface area contributed by atoms with Gasteiger partial charge in [0.15, 0.2) is 0 Å². The van der Waals surface area contributed by atoms with E-state index >= 15 is 0 Å². The fourth-order valence-electron chi connectivity index (χ4n) is 1.42. The number of nitrogens with two attached hydrogens (primary N) is 1. The Labute approximate surface area is 109 Å². The summed E-state index contributed by atoms with van der Waals surface area (Å²) in [5, 5.41) is 3.28. The maximum Gasteiger partial charge on any atom is 0.124 e. The number of pyridine rings is 1. The lowest BCUT2D eigenvalue weighted by molar-refractivity contribution is 1.11. The molecule has 17 heavy (non-hydrogen) atoms. The van der Waals surface area contributed by atoms with Gasteiger partial charge in [-0.25, -0.2) is 4.98 Å². The van der Waals surface area contributed by atoms with Crippen LogP contribution < -0.4 is 11.1 Å². The van der Waals surface area contributed by atoms with E-state index < -0.39 is 0 Å². The van der Waals surface area contributed by atoms with E-state index in [0.29, 0.717) is 17.2 Å². The van der Waals surface area contributed by atoms with Gasteiger partial charge < -0.3 is 11.1 Å². The minimum Gasteiger partial charge on any atom is -0.388 e. The first-order valence-electron chi connectivity index (χ1n) is 5.06. The molecule has 0 amide bonds. The highest BCUT2D eigenvalue weighted by Crippen LogP contribution is 2.17. The lowest BCUT2D eigenvalue weighted by atomic mass is 10.3. The van der Waals surface area contributed by atoms with Crippen molar-refractivity contribution in [1.29, 1.82) is 0 Å². The summed E-state index contributed by atoms with van der Waals surface area (Å²) >= 11 is 6.58. The van der Waals surface area contributed by atoms with E-state index in [1.165, 1.54) is 4.88 Å². The average Bonchev–Trinajstić information content (AvgIpc) is 2.72. The molecule has 2 heterocycles. The number of hydrogen-bond donors (Lipinski definition) is 2. The molecule has 0 atom stereocenters. The number of rotatable bonds is 4. The standard InChI is InChI=1S/C11H12N4S2/c1-7-9(17-6-15-7)5-14-8-3-2-4-13-10(8)11(12)16/h2-4,6,14H,5H2,1H3,(H2,12,16). The van der Waals surface area contributed by atoms with Crippen molar-refractivity contribution in [2.24, 2.45) is 5.73 Å². The normalized spacial score (nSPS) is 10.2. The van der Waals surface area contributed by atoms with Gasteiger partial charge >= 0.3 is 0 Å². The minimum atomic E-state index is 0.300. The second kappa shape index (κ2) is 5.20. The topological polar surface area (TPSA) is 63.8 Å². The molecule has 0 aliphatic carbocycles. The third kappa shape index (κ3) is 2.78. The van der Waals surface area contributed by atoms with Crippen molar-refractivity contribution in [2.75, 3.05) is 5.32 Å². The van der Waals surface area contributed by atoms with Crippen LogP contribution in [0.5, 0.6) is 0 Å². The maximum atomic E-state index is 5.61. The third-order valence-electron chi connectivity index (χ3n) is 2.33. The number of aryl methyl sites for hydroxylation is 1. The van der Waals surface area contributed by atoms with Gasteiger partial charge in [0, 0.05) is 11.1 Å². The number of aromatic nitrogens is 2.